The number of hydrogen-bond donors (Lipinski definition) is 2. The molecule has 3 rings (SSSR count). The summed E-state index contributed by atoms with van der Waals surface area (Å²) in [4.78, 5) is 28.6. The lowest BCUT2D eigenvalue weighted by atomic mass is 9.81. The Hall–Kier alpha value is -3.83. The second-order valence-electron chi connectivity index (χ2n) is 9.02. The van der Waals surface area contributed by atoms with Crippen LogP contribution in [0.5, 0.6) is 0 Å². The van der Waals surface area contributed by atoms with Crippen molar-refractivity contribution in [2.45, 2.75) is 39.0 Å². The molecule has 0 aliphatic carbocycles. The number of anilines is 1. The van der Waals surface area contributed by atoms with Crippen LogP contribution in [-0.4, -0.2) is 46.0 Å². The van der Waals surface area contributed by atoms with E-state index in [4.69, 9.17) is 5.11 Å². The lowest BCUT2D eigenvalue weighted by Gasteiger charge is -2.26. The van der Waals surface area contributed by atoms with E-state index in [1.165, 1.54) is 11.8 Å². The summed E-state index contributed by atoms with van der Waals surface area (Å²) in [7, 11) is 0. The van der Waals surface area contributed by atoms with E-state index in [1.54, 1.807) is 18.2 Å². The van der Waals surface area contributed by atoms with Crippen molar-refractivity contribution < 1.29 is 19.8 Å². The van der Waals surface area contributed by atoms with Gasteiger partial charge < -0.3 is 15.1 Å². The van der Waals surface area contributed by atoms with Gasteiger partial charge in [0.2, 0.25) is 0 Å². The van der Waals surface area contributed by atoms with Gasteiger partial charge in [0.15, 0.2) is 0 Å². The van der Waals surface area contributed by atoms with Crippen molar-refractivity contribution in [2.75, 3.05) is 23.7 Å². The zero-order valence-corrected chi connectivity index (χ0v) is 22.1. The van der Waals surface area contributed by atoms with Crippen LogP contribution in [0.3, 0.4) is 0 Å². The molecule has 0 fully saturated rings. The highest BCUT2D eigenvalue weighted by molar-refractivity contribution is 8.14. The Labute approximate surface area is 221 Å². The molecular formula is C29H31N3O4S. The normalized spacial score (nSPS) is 16.4. The lowest BCUT2D eigenvalue weighted by molar-refractivity contribution is -0.137. The van der Waals surface area contributed by atoms with Gasteiger partial charge in [0.25, 0.3) is 0 Å². The van der Waals surface area contributed by atoms with E-state index >= 15 is 0 Å². The summed E-state index contributed by atoms with van der Waals surface area (Å²) in [5, 5.41) is 30.9. The van der Waals surface area contributed by atoms with Gasteiger partial charge in [-0.25, -0.2) is 0 Å². The Morgan fingerprint density at radius 2 is 1.84 bits per heavy atom. The number of hydrogen-bond acceptors (Lipinski definition) is 6. The summed E-state index contributed by atoms with van der Waals surface area (Å²) in [6.07, 6.45) is 6.97. The van der Waals surface area contributed by atoms with Gasteiger partial charge >= 0.3 is 11.9 Å². The van der Waals surface area contributed by atoms with Crippen LogP contribution in [-0.2, 0) is 15.0 Å². The van der Waals surface area contributed by atoms with Crippen molar-refractivity contribution >= 4 is 45.2 Å². The number of carboxylic acids is 2. The number of aliphatic carboxylic acids is 2. The highest BCUT2D eigenvalue weighted by Gasteiger charge is 2.41. The molecule has 2 N–H and O–H groups in total. The van der Waals surface area contributed by atoms with Gasteiger partial charge in [-0.05, 0) is 52.5 Å². The van der Waals surface area contributed by atoms with Crippen molar-refractivity contribution in [1.82, 2.24) is 0 Å². The number of thioether (sulfide) groups is 1. The van der Waals surface area contributed by atoms with Gasteiger partial charge in [0.05, 0.1) is 36.1 Å². The van der Waals surface area contributed by atoms with Gasteiger partial charge in [-0.3, -0.25) is 14.6 Å². The maximum Gasteiger partial charge on any atom is 0.305 e. The van der Waals surface area contributed by atoms with E-state index in [9.17, 15) is 20.0 Å². The number of benzene rings is 2. The number of nitriles is 1. The minimum Gasteiger partial charge on any atom is -0.481 e. The Morgan fingerprint density at radius 3 is 2.51 bits per heavy atom. The highest BCUT2D eigenvalue weighted by Crippen LogP contribution is 2.50. The predicted molar refractivity (Wildman–Crippen MR) is 150 cm³/mol. The molecule has 8 heteroatoms. The summed E-state index contributed by atoms with van der Waals surface area (Å²) < 4.78 is 0. The molecule has 0 unspecified atom stereocenters. The molecule has 0 bridgehead atoms. The first-order chi connectivity index (χ1) is 17.7. The quantitative estimate of drug-likeness (QED) is 0.174. The molecule has 0 spiro atoms. The van der Waals surface area contributed by atoms with Crippen LogP contribution >= 0.6 is 11.8 Å². The first-order valence-electron chi connectivity index (χ1n) is 12.1. The van der Waals surface area contributed by atoms with Crippen molar-refractivity contribution in [3.05, 3.63) is 77.5 Å². The summed E-state index contributed by atoms with van der Waals surface area (Å²) in [5.41, 5.74) is 3.02. The molecule has 0 amide bonds. The molecule has 2 aromatic carbocycles. The van der Waals surface area contributed by atoms with Gasteiger partial charge in [-0.2, -0.15) is 5.26 Å². The topological polar surface area (TPSA) is 114 Å². The standard InChI is InChI=1S/C29H31N3O4S/c1-4-37-25(31-17-15-26(33)34)14-10-20(19-30)9-13-24-29(2,3)28-22-8-6-5-7-21(22)11-12-23(28)32(24)18-16-27(35)36/h5-14H,4,15-18H2,1-3H3,(H,33,34)(H,35,36)/b14-10+,20-9-,24-13+,31-25?. The third-order valence-electron chi connectivity index (χ3n) is 6.14. The minimum absolute atomic E-state index is 0.0151. The first-order valence-corrected chi connectivity index (χ1v) is 13.1. The number of fused-ring (bicyclic) bond motifs is 3. The van der Waals surface area contributed by atoms with Crippen LogP contribution < -0.4 is 4.90 Å². The first kappa shape index (κ1) is 27.8. The zero-order valence-electron chi connectivity index (χ0n) is 21.3. The lowest BCUT2D eigenvalue weighted by Crippen LogP contribution is -2.28. The van der Waals surface area contributed by atoms with E-state index in [0.717, 1.165) is 33.5 Å². The number of carbonyl (C=O) groups is 2. The summed E-state index contributed by atoms with van der Waals surface area (Å²) in [5.74, 6) is -1.01. The third-order valence-corrected chi connectivity index (χ3v) is 6.99. The average molecular weight is 518 g/mol. The fraction of sp³-hybridized carbons (Fsp3) is 0.310. The van der Waals surface area contributed by atoms with Crippen LogP contribution in [0.25, 0.3) is 10.8 Å². The van der Waals surface area contributed by atoms with Crippen molar-refractivity contribution in [3.63, 3.8) is 0 Å². The van der Waals surface area contributed by atoms with E-state index < -0.39 is 17.4 Å². The van der Waals surface area contributed by atoms with E-state index in [-0.39, 0.29) is 19.4 Å². The minimum atomic E-state index is -0.904. The Bertz CT molecular complexity index is 1350. The SMILES string of the molecule is CCSC(/C=C/C(C#N)=C/C=C1/N(CCC(=O)O)c2ccc3ccccc3c2C1(C)C)=NCCC(=O)O. The van der Waals surface area contributed by atoms with Gasteiger partial charge in [-0.15, -0.1) is 11.8 Å². The molecule has 0 aromatic heterocycles. The summed E-state index contributed by atoms with van der Waals surface area (Å²) >= 11 is 1.48. The van der Waals surface area contributed by atoms with Gasteiger partial charge in [0, 0.05) is 23.3 Å². The highest BCUT2D eigenvalue weighted by atomic mass is 32.2. The number of aliphatic imine (C=N–C) groups is 1. The predicted octanol–water partition coefficient (Wildman–Crippen LogP) is 5.93. The van der Waals surface area contributed by atoms with Crippen molar-refractivity contribution in [1.29, 1.82) is 5.26 Å². The molecule has 0 radical (unpaired) electrons. The van der Waals surface area contributed by atoms with E-state index in [2.05, 4.69) is 43.1 Å². The Balaban J connectivity index is 2.01. The molecule has 2 aromatic rings. The maximum atomic E-state index is 11.4. The molecular weight excluding hydrogens is 486 g/mol. The molecule has 0 atom stereocenters. The van der Waals surface area contributed by atoms with Crippen LogP contribution in [0, 0.1) is 11.3 Å². The summed E-state index contributed by atoms with van der Waals surface area (Å²) in [6.45, 7) is 6.70. The largest absolute Gasteiger partial charge is 0.481 e. The molecule has 0 saturated heterocycles. The van der Waals surface area contributed by atoms with Crippen LogP contribution in [0.2, 0.25) is 0 Å². The van der Waals surface area contributed by atoms with Crippen LogP contribution in [0.4, 0.5) is 5.69 Å². The van der Waals surface area contributed by atoms with Gasteiger partial charge in [-0.1, -0.05) is 51.1 Å². The third kappa shape index (κ3) is 6.69. The van der Waals surface area contributed by atoms with Crippen LogP contribution in [0.15, 0.2) is 77.0 Å². The molecule has 1 heterocycles. The molecule has 7 nitrogen and oxygen atoms in total. The van der Waals surface area contributed by atoms with Crippen LogP contribution in [0.1, 0.15) is 39.2 Å². The second-order valence-corrected chi connectivity index (χ2v) is 10.3. The van der Waals surface area contributed by atoms with E-state index in [0.29, 0.717) is 17.2 Å². The number of nitrogens with zero attached hydrogens (tertiary/aromatic N) is 3. The smallest absolute Gasteiger partial charge is 0.305 e. The van der Waals surface area contributed by atoms with Gasteiger partial charge in [0.1, 0.15) is 0 Å². The molecule has 1 aliphatic rings. The average Bonchev–Trinajstić information content (AvgIpc) is 3.08. The monoisotopic (exact) mass is 517 g/mol. The molecule has 1 aliphatic heterocycles. The zero-order chi connectivity index (χ0) is 27.0. The van der Waals surface area contributed by atoms with Crippen molar-refractivity contribution in [3.8, 4) is 6.07 Å². The number of allylic oxidation sites excluding steroid dienone is 5. The second kappa shape index (κ2) is 12.4. The molecule has 192 valence electrons. The van der Waals surface area contributed by atoms with Crippen molar-refractivity contribution in [2.24, 2.45) is 4.99 Å². The number of rotatable bonds is 10. The van der Waals surface area contributed by atoms with E-state index in [1.807, 2.05) is 36.1 Å². The molecule has 37 heavy (non-hydrogen) atoms. The number of carboxylic acid groups (broad SMARTS) is 2. The Morgan fingerprint density at radius 1 is 1.11 bits per heavy atom. The maximum absolute atomic E-state index is 11.4. The Kier molecular flexibility index (Phi) is 9.31. The molecule has 0 saturated carbocycles. The fourth-order valence-corrected chi connectivity index (χ4v) is 5.14. The fourth-order valence-electron chi connectivity index (χ4n) is 4.50. The summed E-state index contributed by atoms with van der Waals surface area (Å²) in [6, 6.07) is 14.5.